The van der Waals surface area contributed by atoms with Crippen LogP contribution in [0, 0.1) is 0 Å². The molecule has 0 bridgehead atoms. The topological polar surface area (TPSA) is 151 Å². The molecule has 2 aliphatic heterocycles. The van der Waals surface area contributed by atoms with E-state index in [2.05, 4.69) is 26.0 Å². The largest absolute Gasteiger partial charge is 0.384 e. The first kappa shape index (κ1) is 26.0. The highest BCUT2D eigenvalue weighted by Gasteiger charge is 2.44. The zero-order valence-electron chi connectivity index (χ0n) is 22.6. The minimum atomic E-state index is -0.970. The summed E-state index contributed by atoms with van der Waals surface area (Å²) in [6, 6.07) is 12.5. The Hall–Kier alpha value is -4.97. The van der Waals surface area contributed by atoms with Crippen LogP contribution in [0.15, 0.2) is 61.1 Å². The number of hydrogen-bond acceptors (Lipinski definition) is 9. The van der Waals surface area contributed by atoms with Crippen molar-refractivity contribution < 1.29 is 19.2 Å². The summed E-state index contributed by atoms with van der Waals surface area (Å²) >= 11 is 0. The molecule has 1 unspecified atom stereocenters. The quantitative estimate of drug-likeness (QED) is 0.216. The maximum absolute atomic E-state index is 13.0. The Morgan fingerprint density at radius 2 is 1.74 bits per heavy atom. The fourth-order valence-electron chi connectivity index (χ4n) is 5.80. The number of para-hydroxylation sites is 2. The van der Waals surface area contributed by atoms with E-state index in [1.165, 1.54) is 0 Å². The minimum absolute atomic E-state index is 0.0921. The highest BCUT2D eigenvalue weighted by molar-refractivity contribution is 6.23. The molecule has 4 amide bonds. The van der Waals surface area contributed by atoms with Gasteiger partial charge in [0, 0.05) is 43.0 Å². The van der Waals surface area contributed by atoms with Gasteiger partial charge in [-0.05, 0) is 49.6 Å². The second kappa shape index (κ2) is 10.5. The molecule has 12 nitrogen and oxygen atoms in total. The standard InChI is InChI=1S/C30H28N8O4/c39-27-8-7-26(28(40)36-27)38-29(41)21-6-5-18(13-22(21)30(38)42)31-9-10-32-19-11-20(12-19)37-16-17(14-34-37)25-15-33-23-3-1-2-4-24(23)35-25/h1-6,13-16,19-20,26,31-32H,7-12H2,(H,36,39,40). The first-order valence-corrected chi connectivity index (χ1v) is 14.0. The van der Waals surface area contributed by atoms with Crippen molar-refractivity contribution in [2.75, 3.05) is 18.4 Å². The van der Waals surface area contributed by atoms with Gasteiger partial charge in [0.15, 0.2) is 0 Å². The molecule has 12 heteroatoms. The van der Waals surface area contributed by atoms with E-state index in [0.717, 1.165) is 46.6 Å². The smallest absolute Gasteiger partial charge is 0.262 e. The van der Waals surface area contributed by atoms with Crippen molar-refractivity contribution in [2.45, 2.75) is 43.8 Å². The van der Waals surface area contributed by atoms with Gasteiger partial charge >= 0.3 is 0 Å². The number of amides is 4. The number of benzene rings is 2. The van der Waals surface area contributed by atoms with Crippen LogP contribution in [0.25, 0.3) is 22.3 Å². The summed E-state index contributed by atoms with van der Waals surface area (Å²) in [5, 5.41) is 13.6. The van der Waals surface area contributed by atoms with E-state index in [4.69, 9.17) is 4.98 Å². The third-order valence-electron chi connectivity index (χ3n) is 8.16. The Labute approximate surface area is 240 Å². The number of piperidine rings is 1. The Morgan fingerprint density at radius 3 is 2.57 bits per heavy atom. The molecule has 0 radical (unpaired) electrons. The Balaban J connectivity index is 0.889. The van der Waals surface area contributed by atoms with Crippen LogP contribution in [0.2, 0.25) is 0 Å². The second-order valence-corrected chi connectivity index (χ2v) is 10.9. The van der Waals surface area contributed by atoms with Crippen molar-refractivity contribution in [3.8, 4) is 11.3 Å². The zero-order valence-corrected chi connectivity index (χ0v) is 22.6. The number of hydrogen-bond donors (Lipinski definition) is 3. The number of aromatic nitrogens is 4. The highest BCUT2D eigenvalue weighted by atomic mass is 16.2. The summed E-state index contributed by atoms with van der Waals surface area (Å²) in [5.41, 5.74) is 4.73. The lowest BCUT2D eigenvalue weighted by Gasteiger charge is -2.36. The number of fused-ring (bicyclic) bond motifs is 2. The number of imide groups is 2. The van der Waals surface area contributed by atoms with Crippen molar-refractivity contribution in [3.63, 3.8) is 0 Å². The van der Waals surface area contributed by atoms with E-state index in [-0.39, 0.29) is 24.0 Å². The third-order valence-corrected chi connectivity index (χ3v) is 8.16. The molecule has 3 aliphatic rings. The van der Waals surface area contributed by atoms with Crippen molar-refractivity contribution in [1.29, 1.82) is 0 Å². The van der Waals surface area contributed by atoms with E-state index >= 15 is 0 Å². The lowest BCUT2D eigenvalue weighted by molar-refractivity contribution is -0.136. The molecule has 1 saturated heterocycles. The van der Waals surface area contributed by atoms with Crippen molar-refractivity contribution >= 4 is 40.3 Å². The van der Waals surface area contributed by atoms with Crippen molar-refractivity contribution in [2.24, 2.45) is 0 Å². The van der Waals surface area contributed by atoms with Gasteiger partial charge in [-0.2, -0.15) is 5.10 Å². The second-order valence-electron chi connectivity index (χ2n) is 10.9. The van der Waals surface area contributed by atoms with Crippen LogP contribution in [0.1, 0.15) is 52.4 Å². The number of carbonyl (C=O) groups excluding carboxylic acids is 4. The number of carbonyl (C=O) groups is 4. The molecule has 2 fully saturated rings. The molecule has 2 aromatic heterocycles. The number of nitrogens with one attached hydrogen (secondary N) is 3. The fraction of sp³-hybridized carbons (Fsp3) is 0.300. The first-order chi connectivity index (χ1) is 20.4. The molecule has 7 rings (SSSR count). The number of nitrogens with zero attached hydrogens (tertiary/aromatic N) is 5. The molecule has 42 heavy (non-hydrogen) atoms. The fourth-order valence-corrected chi connectivity index (χ4v) is 5.80. The molecular formula is C30H28N8O4. The van der Waals surface area contributed by atoms with Crippen LogP contribution in [0.5, 0.6) is 0 Å². The number of rotatable bonds is 8. The predicted molar refractivity (Wildman–Crippen MR) is 152 cm³/mol. The molecule has 4 heterocycles. The monoisotopic (exact) mass is 564 g/mol. The third kappa shape index (κ3) is 4.69. The molecule has 1 aliphatic carbocycles. The van der Waals surface area contributed by atoms with Crippen molar-refractivity contribution in [1.82, 2.24) is 35.3 Å². The average Bonchev–Trinajstić information content (AvgIpc) is 3.55. The van der Waals surface area contributed by atoms with E-state index in [1.54, 1.807) is 24.4 Å². The molecule has 0 spiro atoms. The van der Waals surface area contributed by atoms with Crippen LogP contribution < -0.4 is 16.0 Å². The summed E-state index contributed by atoms with van der Waals surface area (Å²) in [6.45, 7) is 1.35. The summed E-state index contributed by atoms with van der Waals surface area (Å²) in [6.07, 6.45) is 7.81. The van der Waals surface area contributed by atoms with Gasteiger partial charge in [0.05, 0.1) is 46.3 Å². The van der Waals surface area contributed by atoms with Crippen LogP contribution in [0.4, 0.5) is 5.69 Å². The molecule has 1 atom stereocenters. The van der Waals surface area contributed by atoms with E-state index < -0.39 is 29.7 Å². The van der Waals surface area contributed by atoms with Crippen LogP contribution in [0.3, 0.4) is 0 Å². The van der Waals surface area contributed by atoms with Crippen LogP contribution >= 0.6 is 0 Å². The van der Waals surface area contributed by atoms with Gasteiger partial charge < -0.3 is 10.6 Å². The summed E-state index contributed by atoms with van der Waals surface area (Å²) in [5.74, 6) is -2.03. The lowest BCUT2D eigenvalue weighted by atomic mass is 9.87. The van der Waals surface area contributed by atoms with Crippen LogP contribution in [-0.2, 0) is 9.59 Å². The Morgan fingerprint density at radius 1 is 0.929 bits per heavy atom. The van der Waals surface area contributed by atoms with Gasteiger partial charge in [0.25, 0.3) is 11.8 Å². The minimum Gasteiger partial charge on any atom is -0.384 e. The highest BCUT2D eigenvalue weighted by Crippen LogP contribution is 2.33. The average molecular weight is 565 g/mol. The van der Waals surface area contributed by atoms with Gasteiger partial charge in [-0.1, -0.05) is 12.1 Å². The molecular weight excluding hydrogens is 536 g/mol. The summed E-state index contributed by atoms with van der Waals surface area (Å²) in [4.78, 5) is 59.8. The molecule has 1 saturated carbocycles. The van der Waals surface area contributed by atoms with Gasteiger partial charge in [-0.15, -0.1) is 0 Å². The van der Waals surface area contributed by atoms with E-state index in [9.17, 15) is 19.2 Å². The molecule has 212 valence electrons. The number of anilines is 1. The predicted octanol–water partition coefficient (Wildman–Crippen LogP) is 2.30. The van der Waals surface area contributed by atoms with E-state index in [1.807, 2.05) is 41.3 Å². The van der Waals surface area contributed by atoms with Crippen molar-refractivity contribution in [3.05, 3.63) is 72.2 Å². The normalized spacial score (nSPS) is 21.8. The summed E-state index contributed by atoms with van der Waals surface area (Å²) in [7, 11) is 0. The lowest BCUT2D eigenvalue weighted by Crippen LogP contribution is -2.54. The molecule has 4 aromatic rings. The SMILES string of the molecule is O=C1CCC(N2C(=O)c3ccc(NCCNC4CC(n5cc(-c6cnc7ccccc7n6)cn5)C4)cc3C2=O)C(=O)N1. The molecule has 2 aromatic carbocycles. The van der Waals surface area contributed by atoms with Gasteiger partial charge in [-0.3, -0.25) is 39.1 Å². The molecule has 3 N–H and O–H groups in total. The van der Waals surface area contributed by atoms with Gasteiger partial charge in [0.2, 0.25) is 11.8 Å². The van der Waals surface area contributed by atoms with E-state index in [0.29, 0.717) is 24.3 Å². The first-order valence-electron chi connectivity index (χ1n) is 14.0. The van der Waals surface area contributed by atoms with Gasteiger partial charge in [-0.25, -0.2) is 4.98 Å². The van der Waals surface area contributed by atoms with Crippen LogP contribution in [-0.4, -0.2) is 73.5 Å². The Kier molecular flexibility index (Phi) is 6.46. The van der Waals surface area contributed by atoms with Gasteiger partial charge in [0.1, 0.15) is 6.04 Å². The maximum atomic E-state index is 13.0. The summed E-state index contributed by atoms with van der Waals surface area (Å²) < 4.78 is 2.00. The Bertz CT molecular complexity index is 1740. The maximum Gasteiger partial charge on any atom is 0.262 e. The zero-order chi connectivity index (χ0) is 28.8.